The molecule has 0 spiro atoms. The Morgan fingerprint density at radius 1 is 1.20 bits per heavy atom. The lowest BCUT2D eigenvalue weighted by Crippen LogP contribution is -2.42. The topological polar surface area (TPSA) is 79.5 Å². The molecule has 2 rings (SSSR count). The first-order valence-corrected chi connectivity index (χ1v) is 10.5. The SMILES string of the molecule is COCCNS(=O)(=O)c1ccc(CNC(=S)NC2CCCCC2)cc1. The highest BCUT2D eigenvalue weighted by atomic mass is 32.2. The monoisotopic (exact) mass is 385 g/mol. The van der Waals surface area contributed by atoms with E-state index in [1.54, 1.807) is 24.3 Å². The molecule has 0 heterocycles. The van der Waals surface area contributed by atoms with Crippen LogP contribution in [0.5, 0.6) is 0 Å². The van der Waals surface area contributed by atoms with Gasteiger partial charge in [-0.15, -0.1) is 0 Å². The average Bonchev–Trinajstić information content (AvgIpc) is 2.61. The van der Waals surface area contributed by atoms with Crippen molar-refractivity contribution < 1.29 is 13.2 Å². The number of methoxy groups -OCH3 is 1. The molecule has 0 atom stereocenters. The minimum atomic E-state index is -3.49. The fourth-order valence-electron chi connectivity index (χ4n) is 2.81. The molecule has 1 fully saturated rings. The van der Waals surface area contributed by atoms with E-state index < -0.39 is 10.0 Å². The first kappa shape index (κ1) is 20.1. The Morgan fingerprint density at radius 3 is 2.52 bits per heavy atom. The molecule has 1 saturated carbocycles. The van der Waals surface area contributed by atoms with Crippen molar-refractivity contribution in [3.05, 3.63) is 29.8 Å². The van der Waals surface area contributed by atoms with Crippen LogP contribution in [0, 0.1) is 0 Å². The summed E-state index contributed by atoms with van der Waals surface area (Å²) in [5, 5.41) is 7.20. The van der Waals surface area contributed by atoms with Gasteiger partial charge in [-0.05, 0) is 42.8 Å². The van der Waals surface area contributed by atoms with Crippen LogP contribution in [0.25, 0.3) is 0 Å². The predicted octanol–water partition coefficient (Wildman–Crippen LogP) is 1.91. The van der Waals surface area contributed by atoms with Gasteiger partial charge in [0.25, 0.3) is 0 Å². The van der Waals surface area contributed by atoms with Crippen molar-refractivity contribution in [1.82, 2.24) is 15.4 Å². The van der Waals surface area contributed by atoms with Gasteiger partial charge in [0.05, 0.1) is 11.5 Å². The fraction of sp³-hybridized carbons (Fsp3) is 0.588. The van der Waals surface area contributed by atoms with Crippen molar-refractivity contribution in [2.75, 3.05) is 20.3 Å². The molecule has 0 aliphatic heterocycles. The summed E-state index contributed by atoms with van der Waals surface area (Å²) in [5.41, 5.74) is 0.976. The third-order valence-corrected chi connectivity index (χ3v) is 5.96. The van der Waals surface area contributed by atoms with E-state index in [4.69, 9.17) is 17.0 Å². The molecule has 140 valence electrons. The van der Waals surface area contributed by atoms with Gasteiger partial charge in [0.15, 0.2) is 5.11 Å². The summed E-state index contributed by atoms with van der Waals surface area (Å²) in [5.74, 6) is 0. The summed E-state index contributed by atoms with van der Waals surface area (Å²) in [6.45, 7) is 1.16. The van der Waals surface area contributed by atoms with Crippen LogP contribution in [-0.4, -0.2) is 39.8 Å². The molecule has 0 bridgehead atoms. The number of sulfonamides is 1. The standard InChI is InChI=1S/C17H27N3O3S2/c1-23-12-11-19-25(21,22)16-9-7-14(8-10-16)13-18-17(24)20-15-5-3-2-4-6-15/h7-10,15,19H,2-6,11-13H2,1H3,(H2,18,20,24). The lowest BCUT2D eigenvalue weighted by Gasteiger charge is -2.24. The van der Waals surface area contributed by atoms with Crippen molar-refractivity contribution in [2.24, 2.45) is 0 Å². The zero-order valence-electron chi connectivity index (χ0n) is 14.6. The van der Waals surface area contributed by atoms with Crippen LogP contribution < -0.4 is 15.4 Å². The Morgan fingerprint density at radius 2 is 1.88 bits per heavy atom. The van der Waals surface area contributed by atoms with E-state index in [1.165, 1.54) is 39.2 Å². The molecule has 6 nitrogen and oxygen atoms in total. The third-order valence-electron chi connectivity index (χ3n) is 4.23. The summed E-state index contributed by atoms with van der Waals surface area (Å²) in [4.78, 5) is 0.246. The molecule has 0 radical (unpaired) electrons. The van der Waals surface area contributed by atoms with Gasteiger partial charge < -0.3 is 15.4 Å². The second-order valence-electron chi connectivity index (χ2n) is 6.20. The summed E-state index contributed by atoms with van der Waals surface area (Å²) < 4.78 is 31.5. The molecule has 0 aromatic heterocycles. The average molecular weight is 386 g/mol. The number of hydrogen-bond donors (Lipinski definition) is 3. The highest BCUT2D eigenvalue weighted by molar-refractivity contribution is 7.89. The Kier molecular flexibility index (Phi) is 8.08. The summed E-state index contributed by atoms with van der Waals surface area (Å²) in [7, 11) is -1.96. The van der Waals surface area contributed by atoms with Crippen LogP contribution in [0.2, 0.25) is 0 Å². The largest absolute Gasteiger partial charge is 0.383 e. The van der Waals surface area contributed by atoms with Crippen LogP contribution in [0.3, 0.4) is 0 Å². The fourth-order valence-corrected chi connectivity index (χ4v) is 4.07. The molecule has 25 heavy (non-hydrogen) atoms. The molecular weight excluding hydrogens is 358 g/mol. The van der Waals surface area contributed by atoms with E-state index in [0.29, 0.717) is 24.3 Å². The first-order valence-electron chi connectivity index (χ1n) is 8.63. The number of thiocarbonyl (C=S) groups is 1. The minimum absolute atomic E-state index is 0.246. The van der Waals surface area contributed by atoms with Crippen molar-refractivity contribution >= 4 is 27.4 Å². The van der Waals surface area contributed by atoms with Crippen molar-refractivity contribution in [3.8, 4) is 0 Å². The zero-order chi connectivity index (χ0) is 18.1. The molecule has 0 unspecified atom stereocenters. The molecule has 1 aliphatic carbocycles. The molecule has 1 aromatic carbocycles. The van der Waals surface area contributed by atoms with Crippen molar-refractivity contribution in [1.29, 1.82) is 0 Å². The van der Waals surface area contributed by atoms with Crippen LogP contribution in [0.4, 0.5) is 0 Å². The Hall–Kier alpha value is -1.22. The van der Waals surface area contributed by atoms with Gasteiger partial charge in [-0.3, -0.25) is 0 Å². The summed E-state index contributed by atoms with van der Waals surface area (Å²) in [6.07, 6.45) is 6.17. The van der Waals surface area contributed by atoms with Gasteiger partial charge in [0.1, 0.15) is 0 Å². The van der Waals surface area contributed by atoms with E-state index >= 15 is 0 Å². The first-order chi connectivity index (χ1) is 12.0. The van der Waals surface area contributed by atoms with E-state index in [0.717, 1.165) is 5.56 Å². The Bertz CT molecular complexity index is 642. The zero-order valence-corrected chi connectivity index (χ0v) is 16.2. The maximum Gasteiger partial charge on any atom is 0.240 e. The maximum absolute atomic E-state index is 12.1. The van der Waals surface area contributed by atoms with Crippen LogP contribution in [-0.2, 0) is 21.3 Å². The van der Waals surface area contributed by atoms with Crippen molar-refractivity contribution in [3.63, 3.8) is 0 Å². The van der Waals surface area contributed by atoms with Crippen LogP contribution >= 0.6 is 12.2 Å². The number of nitrogens with one attached hydrogen (secondary N) is 3. The molecule has 0 saturated heterocycles. The van der Waals surface area contributed by atoms with Gasteiger partial charge in [-0.25, -0.2) is 13.1 Å². The molecule has 8 heteroatoms. The van der Waals surface area contributed by atoms with Gasteiger partial charge in [-0.2, -0.15) is 0 Å². The Balaban J connectivity index is 1.80. The molecule has 1 aromatic rings. The lowest BCUT2D eigenvalue weighted by atomic mass is 9.96. The molecule has 0 amide bonds. The smallest absolute Gasteiger partial charge is 0.240 e. The maximum atomic E-state index is 12.1. The second kappa shape index (κ2) is 10.1. The number of benzene rings is 1. The lowest BCUT2D eigenvalue weighted by molar-refractivity contribution is 0.204. The second-order valence-corrected chi connectivity index (χ2v) is 8.37. The van der Waals surface area contributed by atoms with Gasteiger partial charge in [-0.1, -0.05) is 31.4 Å². The minimum Gasteiger partial charge on any atom is -0.383 e. The number of ether oxygens (including phenoxy) is 1. The van der Waals surface area contributed by atoms with E-state index in [-0.39, 0.29) is 11.4 Å². The quantitative estimate of drug-likeness (QED) is 0.469. The number of rotatable bonds is 8. The van der Waals surface area contributed by atoms with Gasteiger partial charge >= 0.3 is 0 Å². The summed E-state index contributed by atoms with van der Waals surface area (Å²) >= 11 is 5.34. The summed E-state index contributed by atoms with van der Waals surface area (Å²) in [6, 6.07) is 7.26. The third kappa shape index (κ3) is 6.89. The van der Waals surface area contributed by atoms with E-state index in [9.17, 15) is 8.42 Å². The van der Waals surface area contributed by atoms with E-state index in [2.05, 4.69) is 15.4 Å². The molecule has 3 N–H and O–H groups in total. The number of hydrogen-bond acceptors (Lipinski definition) is 4. The van der Waals surface area contributed by atoms with Crippen molar-refractivity contribution in [2.45, 2.75) is 49.6 Å². The normalized spacial score (nSPS) is 15.7. The highest BCUT2D eigenvalue weighted by Crippen LogP contribution is 2.17. The molecular formula is C17H27N3O3S2. The van der Waals surface area contributed by atoms with E-state index in [1.807, 2.05) is 0 Å². The van der Waals surface area contributed by atoms with Crippen LogP contribution in [0.1, 0.15) is 37.7 Å². The Labute approximate surface area is 155 Å². The highest BCUT2D eigenvalue weighted by Gasteiger charge is 2.14. The predicted molar refractivity (Wildman–Crippen MR) is 103 cm³/mol. The van der Waals surface area contributed by atoms with Crippen LogP contribution in [0.15, 0.2) is 29.2 Å². The van der Waals surface area contributed by atoms with Gasteiger partial charge in [0.2, 0.25) is 10.0 Å². The molecule has 1 aliphatic rings. The van der Waals surface area contributed by atoms with Gasteiger partial charge in [0, 0.05) is 26.2 Å².